The van der Waals surface area contributed by atoms with Crippen LogP contribution in [0.1, 0.15) is 41.7 Å². The van der Waals surface area contributed by atoms with Gasteiger partial charge in [-0.25, -0.2) is 9.78 Å². The molecular weight excluding hydrogens is 234 g/mol. The van der Waals surface area contributed by atoms with E-state index in [2.05, 4.69) is 4.98 Å². The van der Waals surface area contributed by atoms with Crippen LogP contribution in [0.25, 0.3) is 0 Å². The third-order valence-electron chi connectivity index (χ3n) is 3.92. The minimum absolute atomic E-state index is 0.324. The van der Waals surface area contributed by atoms with Gasteiger partial charge in [0.05, 0.1) is 5.92 Å². The highest BCUT2D eigenvalue weighted by Crippen LogP contribution is 2.47. The summed E-state index contributed by atoms with van der Waals surface area (Å²) in [7, 11) is 0. The van der Waals surface area contributed by atoms with Gasteiger partial charge in [0.2, 0.25) is 0 Å². The topological polar surface area (TPSA) is 76.5 Å². The fourth-order valence-electron chi connectivity index (χ4n) is 2.92. The molecule has 1 aliphatic carbocycles. The van der Waals surface area contributed by atoms with E-state index in [1.54, 1.807) is 12.3 Å². The smallest absolute Gasteiger partial charge is 0.358 e. The Hall–Kier alpha value is -1.91. The first-order valence-corrected chi connectivity index (χ1v) is 6.04. The van der Waals surface area contributed by atoms with Gasteiger partial charge in [-0.2, -0.15) is 0 Å². The molecule has 5 nitrogen and oxygen atoms in total. The molecule has 94 valence electrons. The van der Waals surface area contributed by atoms with E-state index in [-0.39, 0.29) is 11.9 Å². The summed E-state index contributed by atoms with van der Waals surface area (Å²) >= 11 is 0. The fourth-order valence-corrected chi connectivity index (χ4v) is 2.92. The molecule has 1 N–H and O–H groups in total. The van der Waals surface area contributed by atoms with Crippen LogP contribution >= 0.6 is 0 Å². The van der Waals surface area contributed by atoms with E-state index in [4.69, 9.17) is 9.84 Å². The minimum atomic E-state index is -0.763. The summed E-state index contributed by atoms with van der Waals surface area (Å²) in [6, 6.07) is 3.64. The summed E-state index contributed by atoms with van der Waals surface area (Å²) in [5.41, 5.74) is 0.567. The lowest BCUT2D eigenvalue weighted by Crippen LogP contribution is -2.34. The Balaban J connectivity index is 1.91. The van der Waals surface area contributed by atoms with E-state index in [1.807, 2.05) is 6.07 Å². The molecule has 2 heterocycles. The van der Waals surface area contributed by atoms with Gasteiger partial charge in [0, 0.05) is 11.8 Å². The van der Waals surface area contributed by atoms with Crippen molar-refractivity contribution in [3.8, 4) is 0 Å². The zero-order valence-corrected chi connectivity index (χ0v) is 9.76. The standard InChI is InChI=1S/C13H13NO4/c15-11(16)8-3-5-13(6-4-8)9-2-1-7-14-10(9)12(17)18-13/h1-2,7-8H,3-6H2,(H,15,16)/t8-,13-. The van der Waals surface area contributed by atoms with Crippen molar-refractivity contribution >= 4 is 11.9 Å². The monoisotopic (exact) mass is 247 g/mol. The van der Waals surface area contributed by atoms with Crippen LogP contribution in [-0.2, 0) is 15.1 Å². The maximum atomic E-state index is 11.8. The van der Waals surface area contributed by atoms with Crippen molar-refractivity contribution < 1.29 is 19.4 Å². The number of ether oxygens (including phenoxy) is 1. The van der Waals surface area contributed by atoms with Gasteiger partial charge in [-0.05, 0) is 31.7 Å². The molecule has 3 rings (SSSR count). The number of hydrogen-bond donors (Lipinski definition) is 1. The molecule has 1 fully saturated rings. The quantitative estimate of drug-likeness (QED) is 0.764. The number of pyridine rings is 1. The third-order valence-corrected chi connectivity index (χ3v) is 3.92. The number of carboxylic acid groups (broad SMARTS) is 1. The molecule has 5 heteroatoms. The maximum Gasteiger partial charge on any atom is 0.358 e. The largest absolute Gasteiger partial charge is 0.481 e. The van der Waals surface area contributed by atoms with Crippen LogP contribution in [0.15, 0.2) is 18.3 Å². The van der Waals surface area contributed by atoms with E-state index in [1.165, 1.54) is 0 Å². The van der Waals surface area contributed by atoms with Crippen molar-refractivity contribution in [2.45, 2.75) is 31.3 Å². The van der Waals surface area contributed by atoms with Gasteiger partial charge in [-0.15, -0.1) is 0 Å². The van der Waals surface area contributed by atoms with Gasteiger partial charge < -0.3 is 9.84 Å². The second-order valence-corrected chi connectivity index (χ2v) is 4.90. The first-order valence-electron chi connectivity index (χ1n) is 6.04. The SMILES string of the molecule is O=C1O[C@]2(CC[C@H](C(=O)O)CC2)c2cccnc21. The van der Waals surface area contributed by atoms with E-state index in [0.29, 0.717) is 31.4 Å². The molecular formula is C13H13NO4. The van der Waals surface area contributed by atoms with Gasteiger partial charge in [-0.3, -0.25) is 4.79 Å². The average Bonchev–Trinajstić information content (AvgIpc) is 2.64. The molecule has 1 spiro atoms. The van der Waals surface area contributed by atoms with Crippen LogP contribution in [0.2, 0.25) is 0 Å². The molecule has 1 aromatic rings. The molecule has 1 aliphatic heterocycles. The van der Waals surface area contributed by atoms with E-state index < -0.39 is 11.6 Å². The summed E-state index contributed by atoms with van der Waals surface area (Å²) in [4.78, 5) is 26.8. The Labute approximate surface area is 104 Å². The van der Waals surface area contributed by atoms with Crippen LogP contribution in [0.3, 0.4) is 0 Å². The summed E-state index contributed by atoms with van der Waals surface area (Å²) in [6.45, 7) is 0. The summed E-state index contributed by atoms with van der Waals surface area (Å²) in [6.07, 6.45) is 3.78. The Morgan fingerprint density at radius 3 is 2.83 bits per heavy atom. The van der Waals surface area contributed by atoms with Gasteiger partial charge in [0.25, 0.3) is 0 Å². The number of aliphatic carboxylic acids is 1. The van der Waals surface area contributed by atoms with E-state index in [0.717, 1.165) is 5.56 Å². The molecule has 0 unspecified atom stereocenters. The van der Waals surface area contributed by atoms with Crippen LogP contribution in [0.5, 0.6) is 0 Å². The molecule has 0 atom stereocenters. The van der Waals surface area contributed by atoms with Crippen LogP contribution in [-0.4, -0.2) is 22.0 Å². The normalized spacial score (nSPS) is 30.0. The van der Waals surface area contributed by atoms with Crippen molar-refractivity contribution in [3.05, 3.63) is 29.6 Å². The molecule has 0 saturated heterocycles. The van der Waals surface area contributed by atoms with Crippen molar-refractivity contribution in [1.82, 2.24) is 4.98 Å². The van der Waals surface area contributed by atoms with Crippen molar-refractivity contribution in [1.29, 1.82) is 0 Å². The first kappa shape index (κ1) is 11.2. The second-order valence-electron chi connectivity index (χ2n) is 4.90. The zero-order valence-electron chi connectivity index (χ0n) is 9.76. The van der Waals surface area contributed by atoms with E-state index in [9.17, 15) is 9.59 Å². The summed E-state index contributed by atoms with van der Waals surface area (Å²) in [5, 5.41) is 9.00. The van der Waals surface area contributed by atoms with Crippen molar-refractivity contribution in [2.24, 2.45) is 5.92 Å². The molecule has 0 radical (unpaired) electrons. The van der Waals surface area contributed by atoms with E-state index >= 15 is 0 Å². The molecule has 0 amide bonds. The van der Waals surface area contributed by atoms with Crippen molar-refractivity contribution in [2.75, 3.05) is 0 Å². The number of carboxylic acids is 1. The zero-order chi connectivity index (χ0) is 12.8. The number of carbonyl (C=O) groups is 2. The Morgan fingerprint density at radius 2 is 2.17 bits per heavy atom. The highest BCUT2D eigenvalue weighted by molar-refractivity contribution is 5.92. The van der Waals surface area contributed by atoms with Gasteiger partial charge >= 0.3 is 11.9 Å². The van der Waals surface area contributed by atoms with Gasteiger partial charge in [0.15, 0.2) is 5.69 Å². The van der Waals surface area contributed by atoms with Crippen molar-refractivity contribution in [3.63, 3.8) is 0 Å². The maximum absolute atomic E-state index is 11.8. The number of hydrogen-bond acceptors (Lipinski definition) is 4. The summed E-state index contributed by atoms with van der Waals surface area (Å²) in [5.74, 6) is -1.48. The van der Waals surface area contributed by atoms with Crippen LogP contribution in [0, 0.1) is 5.92 Å². The first-order chi connectivity index (χ1) is 8.62. The highest BCUT2D eigenvalue weighted by atomic mass is 16.6. The molecule has 0 bridgehead atoms. The Morgan fingerprint density at radius 1 is 1.44 bits per heavy atom. The number of rotatable bonds is 1. The number of fused-ring (bicyclic) bond motifs is 2. The lowest BCUT2D eigenvalue weighted by Gasteiger charge is -2.34. The molecule has 2 aliphatic rings. The predicted octanol–water partition coefficient (Wildman–Crippen LogP) is 1.72. The third kappa shape index (κ3) is 1.50. The number of aromatic nitrogens is 1. The number of esters is 1. The minimum Gasteiger partial charge on any atom is -0.481 e. The number of nitrogens with zero attached hydrogens (tertiary/aromatic N) is 1. The van der Waals surface area contributed by atoms with Gasteiger partial charge in [-0.1, -0.05) is 6.07 Å². The summed E-state index contributed by atoms with van der Waals surface area (Å²) < 4.78 is 5.49. The molecule has 0 aromatic carbocycles. The average molecular weight is 247 g/mol. The van der Waals surface area contributed by atoms with Crippen LogP contribution < -0.4 is 0 Å². The lowest BCUT2D eigenvalue weighted by molar-refractivity contribution is -0.144. The molecule has 1 saturated carbocycles. The highest BCUT2D eigenvalue weighted by Gasteiger charge is 2.49. The fraction of sp³-hybridized carbons (Fsp3) is 0.462. The predicted molar refractivity (Wildman–Crippen MR) is 60.9 cm³/mol. The lowest BCUT2D eigenvalue weighted by atomic mass is 9.75. The Bertz CT molecular complexity index is 517. The van der Waals surface area contributed by atoms with Crippen LogP contribution in [0.4, 0.5) is 0 Å². The Kier molecular flexibility index (Phi) is 2.36. The second kappa shape index (κ2) is 3.80. The molecule has 1 aromatic heterocycles. The number of carbonyl (C=O) groups excluding carboxylic acids is 1. The molecule has 18 heavy (non-hydrogen) atoms. The van der Waals surface area contributed by atoms with Gasteiger partial charge in [0.1, 0.15) is 5.60 Å².